The molecule has 0 spiro atoms. The second kappa shape index (κ2) is 7.55. The summed E-state index contributed by atoms with van der Waals surface area (Å²) in [5.41, 5.74) is 1.80. The van der Waals surface area contributed by atoms with E-state index < -0.39 is 0 Å². The quantitative estimate of drug-likeness (QED) is 0.695. The molecule has 0 aliphatic rings. The van der Waals surface area contributed by atoms with Gasteiger partial charge in [-0.25, -0.2) is 0 Å². The van der Waals surface area contributed by atoms with Crippen molar-refractivity contribution in [3.8, 4) is 6.07 Å². The molecule has 0 radical (unpaired) electrons. The molecule has 1 aromatic heterocycles. The van der Waals surface area contributed by atoms with Crippen molar-refractivity contribution in [3.63, 3.8) is 0 Å². The molecule has 1 heterocycles. The zero-order valence-corrected chi connectivity index (χ0v) is 14.5. The van der Waals surface area contributed by atoms with Gasteiger partial charge in [-0.3, -0.25) is 4.79 Å². The van der Waals surface area contributed by atoms with Gasteiger partial charge in [0.15, 0.2) is 11.6 Å². The first-order valence-electron chi connectivity index (χ1n) is 7.32. The number of anilines is 3. The summed E-state index contributed by atoms with van der Waals surface area (Å²) in [5, 5.41) is 22.7. The Morgan fingerprint density at radius 2 is 1.76 bits per heavy atom. The fraction of sp³-hybridized carbons (Fsp3) is 0. The van der Waals surface area contributed by atoms with Crippen LogP contribution in [0.5, 0.6) is 0 Å². The maximum Gasteiger partial charge on any atom is 0.258 e. The van der Waals surface area contributed by atoms with Crippen LogP contribution >= 0.6 is 15.9 Å². The number of halogens is 1. The molecule has 0 aliphatic carbocycles. The number of carbonyl (C=O) groups is 1. The molecular formula is C18H12BrN5O. The third kappa shape index (κ3) is 4.19. The van der Waals surface area contributed by atoms with E-state index in [1.807, 2.05) is 12.1 Å². The zero-order chi connectivity index (χ0) is 17.6. The van der Waals surface area contributed by atoms with E-state index in [0.717, 1.165) is 5.69 Å². The third-order valence-electron chi connectivity index (χ3n) is 3.29. The van der Waals surface area contributed by atoms with Crippen LogP contribution in [0.4, 0.5) is 17.3 Å². The lowest BCUT2D eigenvalue weighted by atomic mass is 10.2. The Bertz CT molecular complexity index is 950. The number of amides is 1. The maximum atomic E-state index is 12.2. The monoisotopic (exact) mass is 393 g/mol. The van der Waals surface area contributed by atoms with Crippen molar-refractivity contribution in [1.82, 2.24) is 10.2 Å². The van der Waals surface area contributed by atoms with E-state index in [0.29, 0.717) is 27.2 Å². The van der Waals surface area contributed by atoms with Crippen LogP contribution in [-0.2, 0) is 0 Å². The molecule has 7 heteroatoms. The molecule has 6 nitrogen and oxygen atoms in total. The molecule has 0 saturated heterocycles. The van der Waals surface area contributed by atoms with Gasteiger partial charge in [0.2, 0.25) is 0 Å². The molecule has 25 heavy (non-hydrogen) atoms. The number of hydrogen-bond donors (Lipinski definition) is 2. The van der Waals surface area contributed by atoms with Crippen molar-refractivity contribution in [2.75, 3.05) is 10.6 Å². The summed E-state index contributed by atoms with van der Waals surface area (Å²) in [6.07, 6.45) is 0. The number of carbonyl (C=O) groups excluding carboxylic acids is 1. The second-order valence-corrected chi connectivity index (χ2v) is 5.91. The van der Waals surface area contributed by atoms with Crippen molar-refractivity contribution < 1.29 is 4.79 Å². The SMILES string of the molecule is N#Cc1cccc(Nc2ccc(NC(=O)c3ccccc3Br)nn2)c1. The van der Waals surface area contributed by atoms with Crippen molar-refractivity contribution in [2.45, 2.75) is 0 Å². The predicted octanol–water partition coefficient (Wildman–Crippen LogP) is 4.11. The lowest BCUT2D eigenvalue weighted by Crippen LogP contribution is -2.14. The van der Waals surface area contributed by atoms with Crippen LogP contribution in [0.2, 0.25) is 0 Å². The van der Waals surface area contributed by atoms with Gasteiger partial charge in [-0.05, 0) is 58.4 Å². The smallest absolute Gasteiger partial charge is 0.258 e. The van der Waals surface area contributed by atoms with Crippen LogP contribution in [-0.4, -0.2) is 16.1 Å². The average Bonchev–Trinajstić information content (AvgIpc) is 2.64. The van der Waals surface area contributed by atoms with Gasteiger partial charge >= 0.3 is 0 Å². The molecule has 0 unspecified atom stereocenters. The highest BCUT2D eigenvalue weighted by molar-refractivity contribution is 9.10. The van der Waals surface area contributed by atoms with E-state index in [1.165, 1.54) is 0 Å². The van der Waals surface area contributed by atoms with Crippen LogP contribution in [0.3, 0.4) is 0 Å². The molecule has 0 bridgehead atoms. The highest BCUT2D eigenvalue weighted by Crippen LogP contribution is 2.18. The van der Waals surface area contributed by atoms with Gasteiger partial charge in [-0.2, -0.15) is 5.26 Å². The zero-order valence-electron chi connectivity index (χ0n) is 12.9. The number of nitriles is 1. The van der Waals surface area contributed by atoms with Gasteiger partial charge in [-0.1, -0.05) is 18.2 Å². The number of aromatic nitrogens is 2. The topological polar surface area (TPSA) is 90.7 Å². The summed E-state index contributed by atoms with van der Waals surface area (Å²) in [6, 6.07) is 19.6. The summed E-state index contributed by atoms with van der Waals surface area (Å²) in [7, 11) is 0. The molecule has 0 saturated carbocycles. The van der Waals surface area contributed by atoms with Crippen LogP contribution < -0.4 is 10.6 Å². The van der Waals surface area contributed by atoms with Gasteiger partial charge in [0.05, 0.1) is 17.2 Å². The minimum Gasteiger partial charge on any atom is -0.339 e. The normalized spacial score (nSPS) is 9.92. The van der Waals surface area contributed by atoms with Crippen molar-refractivity contribution >= 4 is 39.2 Å². The van der Waals surface area contributed by atoms with Crippen LogP contribution in [0.1, 0.15) is 15.9 Å². The second-order valence-electron chi connectivity index (χ2n) is 5.06. The highest BCUT2D eigenvalue weighted by Gasteiger charge is 2.10. The lowest BCUT2D eigenvalue weighted by Gasteiger charge is -2.07. The number of nitrogens with zero attached hydrogens (tertiary/aromatic N) is 3. The Balaban J connectivity index is 1.69. The molecule has 3 rings (SSSR count). The number of nitrogens with one attached hydrogen (secondary N) is 2. The van der Waals surface area contributed by atoms with Crippen molar-refractivity contribution in [3.05, 3.63) is 76.3 Å². The van der Waals surface area contributed by atoms with Gasteiger partial charge in [0.25, 0.3) is 5.91 Å². The Morgan fingerprint density at radius 1 is 1.00 bits per heavy atom. The van der Waals surface area contributed by atoms with E-state index in [2.05, 4.69) is 42.8 Å². The largest absolute Gasteiger partial charge is 0.339 e. The first kappa shape index (κ1) is 16.6. The Kier molecular flexibility index (Phi) is 5.02. The van der Waals surface area contributed by atoms with Gasteiger partial charge in [-0.15, -0.1) is 10.2 Å². The standard InChI is InChI=1S/C18H12BrN5O/c19-15-7-2-1-6-14(15)18(25)22-17-9-8-16(23-24-17)21-13-5-3-4-12(10-13)11-20/h1-10H,(H,21,23)(H,22,24,25). The fourth-order valence-corrected chi connectivity index (χ4v) is 2.57. The summed E-state index contributed by atoms with van der Waals surface area (Å²) in [6.45, 7) is 0. The summed E-state index contributed by atoms with van der Waals surface area (Å²) in [5.74, 6) is 0.579. The van der Waals surface area contributed by atoms with E-state index in [4.69, 9.17) is 5.26 Å². The first-order valence-corrected chi connectivity index (χ1v) is 8.12. The van der Waals surface area contributed by atoms with Gasteiger partial charge in [0, 0.05) is 10.2 Å². The Labute approximate surface area is 152 Å². The van der Waals surface area contributed by atoms with Crippen molar-refractivity contribution in [1.29, 1.82) is 5.26 Å². The summed E-state index contributed by atoms with van der Waals surface area (Å²) >= 11 is 3.34. The van der Waals surface area contributed by atoms with E-state index in [-0.39, 0.29) is 5.91 Å². The molecule has 0 aliphatic heterocycles. The average molecular weight is 394 g/mol. The molecule has 3 aromatic rings. The Hall–Kier alpha value is -3.24. The van der Waals surface area contributed by atoms with Crippen molar-refractivity contribution in [2.24, 2.45) is 0 Å². The molecular weight excluding hydrogens is 382 g/mol. The number of benzene rings is 2. The highest BCUT2D eigenvalue weighted by atomic mass is 79.9. The number of rotatable bonds is 4. The lowest BCUT2D eigenvalue weighted by molar-refractivity contribution is 0.102. The van der Waals surface area contributed by atoms with Gasteiger partial charge in [0.1, 0.15) is 0 Å². The van der Waals surface area contributed by atoms with E-state index in [9.17, 15) is 4.79 Å². The minimum atomic E-state index is -0.274. The number of hydrogen-bond acceptors (Lipinski definition) is 5. The van der Waals surface area contributed by atoms with Crippen LogP contribution in [0, 0.1) is 11.3 Å². The van der Waals surface area contributed by atoms with E-state index >= 15 is 0 Å². The summed E-state index contributed by atoms with van der Waals surface area (Å²) < 4.78 is 0.705. The van der Waals surface area contributed by atoms with Gasteiger partial charge < -0.3 is 10.6 Å². The third-order valence-corrected chi connectivity index (χ3v) is 3.98. The molecule has 1 amide bonds. The Morgan fingerprint density at radius 3 is 2.48 bits per heavy atom. The van der Waals surface area contributed by atoms with Crippen LogP contribution in [0.15, 0.2) is 65.1 Å². The maximum absolute atomic E-state index is 12.2. The minimum absolute atomic E-state index is 0.274. The molecule has 122 valence electrons. The molecule has 2 N–H and O–H groups in total. The molecule has 0 fully saturated rings. The first-order chi connectivity index (χ1) is 12.2. The van der Waals surface area contributed by atoms with E-state index in [1.54, 1.807) is 48.5 Å². The predicted molar refractivity (Wildman–Crippen MR) is 98.6 cm³/mol. The molecule has 2 aromatic carbocycles. The molecule has 0 atom stereocenters. The van der Waals surface area contributed by atoms with Crippen LogP contribution in [0.25, 0.3) is 0 Å². The summed E-state index contributed by atoms with van der Waals surface area (Å²) in [4.78, 5) is 12.2. The fourth-order valence-electron chi connectivity index (χ4n) is 2.11.